The molecule has 194 valence electrons. The van der Waals surface area contributed by atoms with Crippen molar-refractivity contribution in [2.75, 3.05) is 0 Å². The lowest BCUT2D eigenvalue weighted by Crippen LogP contribution is -2.45. The summed E-state index contributed by atoms with van der Waals surface area (Å²) in [6.45, 7) is 0. The quantitative estimate of drug-likeness (QED) is 0.248. The molecule has 3 heterocycles. The van der Waals surface area contributed by atoms with E-state index in [1.807, 2.05) is 12.1 Å². The van der Waals surface area contributed by atoms with Crippen LogP contribution in [0.25, 0.3) is 33.3 Å². The Hall–Kier alpha value is -4.53. The maximum absolute atomic E-state index is 13.3. The number of nitrogens with zero attached hydrogens (tertiary/aromatic N) is 2. The van der Waals surface area contributed by atoms with E-state index in [2.05, 4.69) is 14.9 Å². The van der Waals surface area contributed by atoms with Crippen molar-refractivity contribution in [1.29, 1.82) is 0 Å². The molecule has 2 aromatic carbocycles. The van der Waals surface area contributed by atoms with E-state index in [9.17, 15) is 14.7 Å². The van der Waals surface area contributed by atoms with Gasteiger partial charge in [-0.2, -0.15) is 0 Å². The second-order valence-corrected chi connectivity index (χ2v) is 9.99. The van der Waals surface area contributed by atoms with E-state index >= 15 is 0 Å². The van der Waals surface area contributed by atoms with Crippen LogP contribution in [0, 0.1) is 0 Å². The lowest BCUT2D eigenvalue weighted by Gasteiger charge is -2.25. The molecule has 0 unspecified atom stereocenters. The Morgan fingerprint density at radius 3 is 2.76 bits per heavy atom. The van der Waals surface area contributed by atoms with Gasteiger partial charge in [0, 0.05) is 35.1 Å². The molecule has 9 heteroatoms. The van der Waals surface area contributed by atoms with Crippen molar-refractivity contribution >= 4 is 33.8 Å². The molecule has 3 aromatic heterocycles. The second-order valence-electron chi connectivity index (χ2n) is 9.99. The number of phenols is 1. The number of primary amides is 1. The van der Waals surface area contributed by atoms with Crippen molar-refractivity contribution in [3.05, 3.63) is 72.3 Å². The number of aromatic nitrogens is 3. The summed E-state index contributed by atoms with van der Waals surface area (Å²) in [5.41, 5.74) is 10.2. The van der Waals surface area contributed by atoms with E-state index in [-0.39, 0.29) is 12.2 Å². The van der Waals surface area contributed by atoms with Gasteiger partial charge in [-0.25, -0.2) is 4.98 Å². The molecule has 1 atom stereocenters. The van der Waals surface area contributed by atoms with Crippen LogP contribution in [0.15, 0.2) is 65.6 Å². The van der Waals surface area contributed by atoms with Crippen LogP contribution >= 0.6 is 0 Å². The monoisotopic (exact) mass is 511 g/mol. The topological polar surface area (TPSA) is 139 Å². The molecule has 0 aliphatic heterocycles. The molecule has 1 aliphatic carbocycles. The van der Waals surface area contributed by atoms with Crippen molar-refractivity contribution in [3.63, 3.8) is 0 Å². The average Bonchev–Trinajstić information content (AvgIpc) is 3.67. The summed E-state index contributed by atoms with van der Waals surface area (Å²) < 4.78 is 7.61. The number of aromatic amines is 1. The van der Waals surface area contributed by atoms with Gasteiger partial charge in [0.15, 0.2) is 0 Å². The molecule has 5 aromatic rings. The number of H-pyrrole nitrogens is 1. The molecule has 1 fully saturated rings. The summed E-state index contributed by atoms with van der Waals surface area (Å²) in [5.74, 6) is -0.0993. The number of nitrogens with one attached hydrogen (secondary N) is 2. The molecule has 38 heavy (non-hydrogen) atoms. The molecule has 0 spiro atoms. The van der Waals surface area contributed by atoms with E-state index < -0.39 is 17.9 Å². The Bertz CT molecular complexity index is 1630. The van der Waals surface area contributed by atoms with Gasteiger partial charge in [-0.05, 0) is 60.9 Å². The summed E-state index contributed by atoms with van der Waals surface area (Å²) in [5, 5.41) is 13.4. The van der Waals surface area contributed by atoms with Crippen LogP contribution in [0.5, 0.6) is 5.75 Å². The highest BCUT2D eigenvalue weighted by atomic mass is 16.3. The number of carbonyl (C=O) groups is 2. The second kappa shape index (κ2) is 9.74. The number of imidazole rings is 1. The van der Waals surface area contributed by atoms with E-state index in [0.29, 0.717) is 17.1 Å². The number of furan rings is 1. The van der Waals surface area contributed by atoms with Gasteiger partial charge < -0.3 is 30.1 Å². The highest BCUT2D eigenvalue weighted by Gasteiger charge is 2.25. The van der Waals surface area contributed by atoms with Gasteiger partial charge in [0.2, 0.25) is 5.91 Å². The Morgan fingerprint density at radius 1 is 1.16 bits per heavy atom. The fourth-order valence-corrected chi connectivity index (χ4v) is 5.56. The number of nitrogens with two attached hydrogens (primary N) is 1. The first-order valence-electron chi connectivity index (χ1n) is 12.9. The molecular weight excluding hydrogens is 482 g/mol. The third kappa shape index (κ3) is 4.40. The zero-order valence-corrected chi connectivity index (χ0v) is 20.8. The van der Waals surface area contributed by atoms with Gasteiger partial charge in [0.1, 0.15) is 23.9 Å². The lowest BCUT2D eigenvalue weighted by atomic mass is 9.95. The summed E-state index contributed by atoms with van der Waals surface area (Å²) in [6, 6.07) is 11.7. The molecule has 5 N–H and O–H groups in total. The van der Waals surface area contributed by atoms with Gasteiger partial charge >= 0.3 is 0 Å². The first kappa shape index (κ1) is 23.8. The number of hydrogen-bond donors (Lipinski definition) is 4. The smallest absolute Gasteiger partial charge is 0.252 e. The molecule has 9 nitrogen and oxygen atoms in total. The summed E-state index contributed by atoms with van der Waals surface area (Å²) in [4.78, 5) is 33.6. The van der Waals surface area contributed by atoms with Crippen LogP contribution in [0.2, 0.25) is 0 Å². The largest absolute Gasteiger partial charge is 0.508 e. The minimum absolute atomic E-state index is 0.119. The number of aromatic hydroxyl groups is 1. The number of phenolic OH excluding ortho intramolecular Hbond substituents is 1. The van der Waals surface area contributed by atoms with E-state index in [1.54, 1.807) is 49.1 Å². The normalized spacial score (nSPS) is 15.2. The van der Waals surface area contributed by atoms with E-state index in [1.165, 1.54) is 19.3 Å². The van der Waals surface area contributed by atoms with Crippen molar-refractivity contribution in [1.82, 2.24) is 19.9 Å². The summed E-state index contributed by atoms with van der Waals surface area (Å²) >= 11 is 0. The number of fused-ring (bicyclic) bond motifs is 2. The molecule has 6 rings (SSSR count). The van der Waals surface area contributed by atoms with E-state index in [4.69, 9.17) is 15.1 Å². The first-order valence-corrected chi connectivity index (χ1v) is 12.9. The Morgan fingerprint density at radius 2 is 2.00 bits per heavy atom. The first-order chi connectivity index (χ1) is 18.5. The zero-order valence-electron chi connectivity index (χ0n) is 20.8. The molecule has 1 aliphatic rings. The molecular formula is C29H29N5O4. The predicted molar refractivity (Wildman–Crippen MR) is 144 cm³/mol. The number of carbonyl (C=O) groups excluding carboxylic acids is 2. The summed E-state index contributed by atoms with van der Waals surface area (Å²) in [6.07, 6.45) is 11.1. The Labute approximate surface area is 218 Å². The predicted octanol–water partition coefficient (Wildman–Crippen LogP) is 4.81. The summed E-state index contributed by atoms with van der Waals surface area (Å²) in [7, 11) is 0. The fourth-order valence-electron chi connectivity index (χ4n) is 5.56. The average molecular weight is 512 g/mol. The van der Waals surface area contributed by atoms with Crippen LogP contribution < -0.4 is 11.1 Å². The minimum atomic E-state index is -0.930. The number of benzene rings is 2. The highest BCUT2D eigenvalue weighted by Crippen LogP contribution is 2.36. The molecule has 0 bridgehead atoms. The van der Waals surface area contributed by atoms with Gasteiger partial charge in [0.25, 0.3) is 5.91 Å². The van der Waals surface area contributed by atoms with Crippen LogP contribution in [-0.2, 0) is 11.2 Å². The van der Waals surface area contributed by atoms with Crippen molar-refractivity contribution in [3.8, 4) is 17.1 Å². The Balaban J connectivity index is 1.29. The van der Waals surface area contributed by atoms with Crippen LogP contribution in [0.3, 0.4) is 0 Å². The van der Waals surface area contributed by atoms with Crippen LogP contribution in [-0.4, -0.2) is 37.5 Å². The van der Waals surface area contributed by atoms with Gasteiger partial charge in [-0.15, -0.1) is 0 Å². The third-order valence-corrected chi connectivity index (χ3v) is 7.49. The Kier molecular flexibility index (Phi) is 6.11. The van der Waals surface area contributed by atoms with Crippen molar-refractivity contribution in [2.24, 2.45) is 5.73 Å². The number of amides is 2. The molecule has 0 radical (unpaired) electrons. The van der Waals surface area contributed by atoms with Crippen molar-refractivity contribution in [2.45, 2.75) is 50.6 Å². The van der Waals surface area contributed by atoms with Gasteiger partial charge in [-0.3, -0.25) is 9.59 Å². The van der Waals surface area contributed by atoms with E-state index in [0.717, 1.165) is 46.2 Å². The maximum Gasteiger partial charge on any atom is 0.252 e. The molecule has 2 amide bonds. The van der Waals surface area contributed by atoms with Crippen LogP contribution in [0.1, 0.15) is 54.1 Å². The number of rotatable bonds is 7. The van der Waals surface area contributed by atoms with Gasteiger partial charge in [0.05, 0.1) is 22.9 Å². The minimum Gasteiger partial charge on any atom is -0.508 e. The lowest BCUT2D eigenvalue weighted by molar-refractivity contribution is -0.119. The maximum atomic E-state index is 13.3. The number of hydrogen-bond acceptors (Lipinski definition) is 5. The molecule has 1 saturated carbocycles. The fraction of sp³-hybridized carbons (Fsp3) is 0.276. The van der Waals surface area contributed by atoms with Crippen LogP contribution in [0.4, 0.5) is 0 Å². The zero-order chi connectivity index (χ0) is 26.2. The SMILES string of the molecule is NC(=O)[C@H](Cc1c[nH]c2ccc(O)cc12)NC(=O)c1ccc2c(c1)nc(-c1ccoc1)n2C1CCCCC1. The standard InChI is InChI=1S/C29H29N5O4/c30-27(36)25(13-19-15-31-23-8-7-21(35)14-22(19)23)33-29(37)17-6-9-26-24(12-17)32-28(18-10-11-38-16-18)34(26)20-4-2-1-3-5-20/h6-12,14-16,20,25,31,35H,1-5,13H2,(H2,30,36)(H,33,37)/t25-/m0/s1. The third-order valence-electron chi connectivity index (χ3n) is 7.49. The highest BCUT2D eigenvalue weighted by molar-refractivity contribution is 6.00. The van der Waals surface area contributed by atoms with Gasteiger partial charge in [-0.1, -0.05) is 19.3 Å². The molecule has 0 saturated heterocycles. The van der Waals surface area contributed by atoms with Crippen molar-refractivity contribution < 1.29 is 19.1 Å².